The lowest BCUT2D eigenvalue weighted by Crippen LogP contribution is -2.28. The molecule has 1 saturated heterocycles. The fourth-order valence-electron chi connectivity index (χ4n) is 2.31. The van der Waals surface area contributed by atoms with E-state index in [0.717, 1.165) is 26.1 Å². The number of likely N-dealkylation sites (tertiary alicyclic amines) is 1. The van der Waals surface area contributed by atoms with Crippen LogP contribution in [0, 0.1) is 5.41 Å². The highest BCUT2D eigenvalue weighted by molar-refractivity contribution is 5.73. The molecule has 0 aromatic carbocycles. The van der Waals surface area contributed by atoms with E-state index in [-0.39, 0.29) is 12.2 Å². The highest BCUT2D eigenvalue weighted by atomic mass is 16.5. The van der Waals surface area contributed by atoms with Crippen LogP contribution >= 0.6 is 0 Å². The third kappa shape index (κ3) is 3.93. The third-order valence-corrected chi connectivity index (χ3v) is 3.75. The van der Waals surface area contributed by atoms with Crippen molar-refractivity contribution < 1.29 is 19.4 Å². The Balaban J connectivity index is 2.31. The van der Waals surface area contributed by atoms with E-state index < -0.39 is 11.4 Å². The number of nitrogens with zero attached hydrogens (tertiary/aromatic N) is 1. The molecule has 5 heteroatoms. The smallest absolute Gasteiger partial charge is 0.309 e. The van der Waals surface area contributed by atoms with Gasteiger partial charge >= 0.3 is 5.97 Å². The molecule has 1 aliphatic heterocycles. The number of hydrogen-bond acceptors (Lipinski definition) is 4. The Morgan fingerprint density at radius 2 is 1.78 bits per heavy atom. The minimum Gasteiger partial charge on any atom is -0.481 e. The molecular formula is C13H25NO4. The first-order chi connectivity index (χ1) is 8.40. The second-order valence-corrected chi connectivity index (χ2v) is 5.60. The van der Waals surface area contributed by atoms with E-state index in [1.54, 1.807) is 28.1 Å². The minimum atomic E-state index is -0.728. The van der Waals surface area contributed by atoms with Crippen LogP contribution in [-0.4, -0.2) is 62.0 Å². The van der Waals surface area contributed by atoms with E-state index >= 15 is 0 Å². The van der Waals surface area contributed by atoms with E-state index in [0.29, 0.717) is 6.42 Å². The molecule has 1 aliphatic rings. The fourth-order valence-corrected chi connectivity index (χ4v) is 2.31. The van der Waals surface area contributed by atoms with Crippen molar-refractivity contribution in [1.29, 1.82) is 0 Å². The number of carbonyl (C=O) groups is 1. The molecule has 2 atom stereocenters. The molecule has 5 nitrogen and oxygen atoms in total. The quantitative estimate of drug-likeness (QED) is 0.745. The molecular weight excluding hydrogens is 234 g/mol. The molecule has 2 unspecified atom stereocenters. The highest BCUT2D eigenvalue weighted by Gasteiger charge is 2.33. The first kappa shape index (κ1) is 15.4. The zero-order chi connectivity index (χ0) is 13.8. The van der Waals surface area contributed by atoms with Gasteiger partial charge in [0.25, 0.3) is 0 Å². The molecule has 0 radical (unpaired) electrons. The highest BCUT2D eigenvalue weighted by Crippen LogP contribution is 2.23. The molecule has 1 N–H and O–H groups in total. The van der Waals surface area contributed by atoms with E-state index in [4.69, 9.17) is 14.6 Å². The van der Waals surface area contributed by atoms with Crippen LogP contribution in [0.2, 0.25) is 0 Å². The van der Waals surface area contributed by atoms with Crippen LogP contribution in [0.15, 0.2) is 0 Å². The molecule has 106 valence electrons. The Labute approximate surface area is 109 Å². The Bertz CT molecular complexity index is 268. The lowest BCUT2D eigenvalue weighted by molar-refractivity contribution is -0.147. The van der Waals surface area contributed by atoms with Gasteiger partial charge in [-0.15, -0.1) is 0 Å². The monoisotopic (exact) mass is 259 g/mol. The van der Waals surface area contributed by atoms with Gasteiger partial charge in [-0.25, -0.2) is 0 Å². The van der Waals surface area contributed by atoms with Gasteiger partial charge in [-0.05, 0) is 33.2 Å². The molecule has 0 spiro atoms. The van der Waals surface area contributed by atoms with Crippen molar-refractivity contribution in [2.45, 2.75) is 38.9 Å². The fraction of sp³-hybridized carbons (Fsp3) is 0.923. The number of ether oxygens (including phenoxy) is 2. The molecule has 1 fully saturated rings. The van der Waals surface area contributed by atoms with Crippen LogP contribution in [0.3, 0.4) is 0 Å². The van der Waals surface area contributed by atoms with E-state index in [9.17, 15) is 4.79 Å². The van der Waals surface area contributed by atoms with Gasteiger partial charge in [0.05, 0.1) is 17.6 Å². The molecule has 0 aliphatic carbocycles. The molecule has 0 aromatic heterocycles. The van der Waals surface area contributed by atoms with Gasteiger partial charge in [0, 0.05) is 27.3 Å². The lowest BCUT2D eigenvalue weighted by atomic mass is 9.88. The maximum absolute atomic E-state index is 11.0. The first-order valence-electron chi connectivity index (χ1n) is 6.42. The minimum absolute atomic E-state index is 0.127. The van der Waals surface area contributed by atoms with E-state index in [2.05, 4.69) is 4.90 Å². The summed E-state index contributed by atoms with van der Waals surface area (Å²) in [6.45, 7) is 6.17. The number of aliphatic carboxylic acids is 1. The zero-order valence-electron chi connectivity index (χ0n) is 11.8. The predicted molar refractivity (Wildman–Crippen MR) is 68.7 cm³/mol. The number of rotatable bonds is 7. The van der Waals surface area contributed by atoms with Crippen LogP contribution in [0.4, 0.5) is 0 Å². The standard InChI is InChI=1S/C13H25NO4/c1-13(2,12(15)16)6-5-7-14-8-10(17-3)11(9-14)18-4/h10-11H,5-9H2,1-4H3,(H,15,16). The second-order valence-electron chi connectivity index (χ2n) is 5.60. The molecule has 0 aromatic rings. The van der Waals surface area contributed by atoms with Crippen molar-refractivity contribution in [2.75, 3.05) is 33.9 Å². The number of carboxylic acid groups (broad SMARTS) is 1. The second kappa shape index (κ2) is 6.50. The summed E-state index contributed by atoms with van der Waals surface area (Å²) in [5, 5.41) is 9.04. The lowest BCUT2D eigenvalue weighted by Gasteiger charge is -2.21. The SMILES string of the molecule is COC1CN(CCCC(C)(C)C(=O)O)CC1OC. The Kier molecular flexibility index (Phi) is 5.56. The molecule has 0 saturated carbocycles. The first-order valence-corrected chi connectivity index (χ1v) is 6.42. The van der Waals surface area contributed by atoms with Crippen LogP contribution in [-0.2, 0) is 14.3 Å². The molecule has 0 bridgehead atoms. The summed E-state index contributed by atoms with van der Waals surface area (Å²) in [6, 6.07) is 0. The van der Waals surface area contributed by atoms with Gasteiger partial charge in [0.2, 0.25) is 0 Å². The summed E-state index contributed by atoms with van der Waals surface area (Å²) in [7, 11) is 3.40. The van der Waals surface area contributed by atoms with Gasteiger partial charge in [-0.1, -0.05) is 0 Å². The summed E-state index contributed by atoms with van der Waals surface area (Å²) in [4.78, 5) is 13.3. The third-order valence-electron chi connectivity index (χ3n) is 3.75. The summed E-state index contributed by atoms with van der Waals surface area (Å²) >= 11 is 0. The largest absolute Gasteiger partial charge is 0.481 e. The topological polar surface area (TPSA) is 59.0 Å². The van der Waals surface area contributed by atoms with Crippen molar-refractivity contribution in [3.63, 3.8) is 0 Å². The Morgan fingerprint density at radius 1 is 1.28 bits per heavy atom. The zero-order valence-corrected chi connectivity index (χ0v) is 11.8. The molecule has 1 heterocycles. The maximum Gasteiger partial charge on any atom is 0.309 e. The average molecular weight is 259 g/mol. The molecule has 0 amide bonds. The summed E-state index contributed by atoms with van der Waals surface area (Å²) in [5.74, 6) is -0.728. The number of hydrogen-bond donors (Lipinski definition) is 1. The molecule has 18 heavy (non-hydrogen) atoms. The van der Waals surface area contributed by atoms with Crippen molar-refractivity contribution in [2.24, 2.45) is 5.41 Å². The summed E-state index contributed by atoms with van der Waals surface area (Å²) < 4.78 is 10.7. The number of carboxylic acids is 1. The van der Waals surface area contributed by atoms with Crippen molar-refractivity contribution >= 4 is 5.97 Å². The van der Waals surface area contributed by atoms with Crippen molar-refractivity contribution in [3.8, 4) is 0 Å². The van der Waals surface area contributed by atoms with Crippen molar-refractivity contribution in [1.82, 2.24) is 4.90 Å². The Morgan fingerprint density at radius 3 is 2.17 bits per heavy atom. The summed E-state index contributed by atoms with van der Waals surface area (Å²) in [5.41, 5.74) is -0.638. The van der Waals surface area contributed by atoms with Crippen LogP contribution < -0.4 is 0 Å². The van der Waals surface area contributed by atoms with Gasteiger partial charge in [-0.3, -0.25) is 9.69 Å². The van der Waals surface area contributed by atoms with Crippen LogP contribution in [0.5, 0.6) is 0 Å². The van der Waals surface area contributed by atoms with Crippen LogP contribution in [0.1, 0.15) is 26.7 Å². The van der Waals surface area contributed by atoms with Crippen LogP contribution in [0.25, 0.3) is 0 Å². The average Bonchev–Trinajstić information content (AvgIpc) is 2.71. The predicted octanol–water partition coefficient (Wildman–Crippen LogP) is 1.22. The van der Waals surface area contributed by atoms with E-state index in [1.807, 2.05) is 0 Å². The van der Waals surface area contributed by atoms with E-state index in [1.165, 1.54) is 0 Å². The van der Waals surface area contributed by atoms with Gasteiger partial charge in [0.15, 0.2) is 0 Å². The normalized spacial score (nSPS) is 25.6. The Hall–Kier alpha value is -0.650. The van der Waals surface area contributed by atoms with Gasteiger partial charge in [0.1, 0.15) is 0 Å². The van der Waals surface area contributed by atoms with Crippen molar-refractivity contribution in [3.05, 3.63) is 0 Å². The maximum atomic E-state index is 11.0. The number of methoxy groups -OCH3 is 2. The van der Waals surface area contributed by atoms with Gasteiger partial charge in [-0.2, -0.15) is 0 Å². The van der Waals surface area contributed by atoms with Gasteiger partial charge < -0.3 is 14.6 Å². The molecule has 1 rings (SSSR count). The summed E-state index contributed by atoms with van der Waals surface area (Å²) in [6.07, 6.45) is 1.82.